The molecule has 0 fully saturated rings. The lowest BCUT2D eigenvalue weighted by atomic mass is 10.4. The smallest absolute Gasteiger partial charge is 0.319 e. The van der Waals surface area contributed by atoms with Crippen LogP contribution < -0.4 is 0 Å². The molecule has 0 rings (SSSR count). The van der Waals surface area contributed by atoms with Crippen molar-refractivity contribution in [1.29, 1.82) is 0 Å². The second-order valence-corrected chi connectivity index (χ2v) is 7.02. The van der Waals surface area contributed by atoms with Crippen molar-refractivity contribution in [3.63, 3.8) is 0 Å². The molecule has 94 valence electrons. The van der Waals surface area contributed by atoms with Gasteiger partial charge in [-0.3, -0.25) is 4.79 Å². The first-order valence-corrected chi connectivity index (χ1v) is 7.89. The normalized spacial score (nSPS) is 12.2. The van der Waals surface area contributed by atoms with Crippen LogP contribution in [0.2, 0.25) is 0 Å². The third-order valence-electron chi connectivity index (χ3n) is 1.77. The van der Waals surface area contributed by atoms with Gasteiger partial charge in [-0.15, -0.1) is 11.8 Å². The third kappa shape index (κ3) is 8.42. The molecular weight excluding hydrogens is 260 g/mol. The van der Waals surface area contributed by atoms with E-state index in [4.69, 9.17) is 17.0 Å². The predicted octanol–water partition coefficient (Wildman–Crippen LogP) is 3.88. The van der Waals surface area contributed by atoms with Gasteiger partial charge in [-0.2, -0.15) is 0 Å². The highest BCUT2D eigenvalue weighted by molar-refractivity contribution is 8.47. The molecule has 0 aliphatic heterocycles. The van der Waals surface area contributed by atoms with Crippen molar-refractivity contribution in [3.05, 3.63) is 0 Å². The van der Waals surface area contributed by atoms with Crippen LogP contribution in [0.25, 0.3) is 0 Å². The molecule has 0 aromatic carbocycles. The van der Waals surface area contributed by atoms with E-state index in [0.29, 0.717) is 6.61 Å². The van der Waals surface area contributed by atoms with Gasteiger partial charge in [0.05, 0.1) is 6.61 Å². The quantitative estimate of drug-likeness (QED) is 0.400. The summed E-state index contributed by atoms with van der Waals surface area (Å²) in [6.07, 6.45) is 3.20. The van der Waals surface area contributed by atoms with E-state index in [-0.39, 0.29) is 11.2 Å². The second-order valence-electron chi connectivity index (χ2n) is 3.38. The predicted molar refractivity (Wildman–Crippen MR) is 78.3 cm³/mol. The van der Waals surface area contributed by atoms with Gasteiger partial charge in [-0.05, 0) is 25.5 Å². The molecule has 16 heavy (non-hydrogen) atoms. The zero-order valence-corrected chi connectivity index (χ0v) is 12.6. The van der Waals surface area contributed by atoms with Crippen LogP contribution >= 0.6 is 35.7 Å². The van der Waals surface area contributed by atoms with Crippen LogP contribution in [0.4, 0.5) is 0 Å². The van der Waals surface area contributed by atoms with Gasteiger partial charge in [-0.1, -0.05) is 44.2 Å². The highest BCUT2D eigenvalue weighted by Gasteiger charge is 2.16. The van der Waals surface area contributed by atoms with Crippen molar-refractivity contribution in [1.82, 2.24) is 0 Å². The Labute approximate surface area is 112 Å². The molecule has 0 aromatic rings. The number of thiocarbonyl (C=S) groups is 1. The van der Waals surface area contributed by atoms with Gasteiger partial charge in [0.1, 0.15) is 8.78 Å². The monoisotopic (exact) mass is 280 g/mol. The minimum Gasteiger partial charge on any atom is -0.465 e. The number of hydrogen-bond acceptors (Lipinski definition) is 5. The number of esters is 1. The number of unbranched alkanes of at least 4 members (excludes halogenated alkanes) is 1. The van der Waals surface area contributed by atoms with E-state index in [2.05, 4.69) is 6.92 Å². The number of carbonyl (C=O) groups is 1. The average Bonchev–Trinajstić information content (AvgIpc) is 2.26. The Morgan fingerprint density at radius 1 is 1.38 bits per heavy atom. The molecule has 0 heterocycles. The molecule has 0 spiro atoms. The van der Waals surface area contributed by atoms with Crippen molar-refractivity contribution in [2.24, 2.45) is 0 Å². The fourth-order valence-electron chi connectivity index (χ4n) is 0.846. The van der Waals surface area contributed by atoms with Gasteiger partial charge in [0.25, 0.3) is 0 Å². The van der Waals surface area contributed by atoms with E-state index >= 15 is 0 Å². The average molecular weight is 280 g/mol. The van der Waals surface area contributed by atoms with Gasteiger partial charge < -0.3 is 4.74 Å². The molecule has 2 nitrogen and oxygen atoms in total. The standard InChI is InChI=1S/C11H20O2S3/c1-4-6-8-15-11(14)16-9(3)10(12)13-7-5-2/h9H,4-8H2,1-3H3. The molecular formula is C11H20O2S3. The number of carbonyl (C=O) groups excluding carboxylic acids is 1. The first-order chi connectivity index (χ1) is 7.61. The summed E-state index contributed by atoms with van der Waals surface area (Å²) in [5.41, 5.74) is 0. The molecule has 0 aliphatic rings. The molecule has 1 atom stereocenters. The molecule has 0 bridgehead atoms. The summed E-state index contributed by atoms with van der Waals surface area (Å²) < 4.78 is 5.89. The Morgan fingerprint density at radius 3 is 2.62 bits per heavy atom. The Balaban J connectivity index is 3.71. The molecule has 0 aliphatic carbocycles. The van der Waals surface area contributed by atoms with Crippen LogP contribution in [-0.4, -0.2) is 27.1 Å². The number of thioether (sulfide) groups is 2. The third-order valence-corrected chi connectivity index (χ3v) is 4.52. The number of hydrogen-bond donors (Lipinski definition) is 0. The second kappa shape index (κ2) is 10.4. The van der Waals surface area contributed by atoms with Crippen molar-refractivity contribution in [2.45, 2.75) is 45.3 Å². The summed E-state index contributed by atoms with van der Waals surface area (Å²) in [6, 6.07) is 0. The van der Waals surface area contributed by atoms with E-state index in [1.807, 2.05) is 13.8 Å². The van der Waals surface area contributed by atoms with Gasteiger partial charge >= 0.3 is 5.97 Å². The van der Waals surface area contributed by atoms with Crippen LogP contribution in [0.5, 0.6) is 0 Å². The minimum absolute atomic E-state index is 0.162. The van der Waals surface area contributed by atoms with Crippen LogP contribution in [0, 0.1) is 0 Å². The van der Waals surface area contributed by atoms with E-state index in [1.54, 1.807) is 11.8 Å². The van der Waals surface area contributed by atoms with Crippen LogP contribution in [0.3, 0.4) is 0 Å². The summed E-state index contributed by atoms with van der Waals surface area (Å²) in [5, 5.41) is -0.187. The summed E-state index contributed by atoms with van der Waals surface area (Å²) >= 11 is 8.28. The number of ether oxygens (including phenoxy) is 1. The van der Waals surface area contributed by atoms with Crippen LogP contribution in [-0.2, 0) is 9.53 Å². The van der Waals surface area contributed by atoms with Gasteiger partial charge in [0.2, 0.25) is 0 Å². The van der Waals surface area contributed by atoms with E-state index < -0.39 is 0 Å². The van der Waals surface area contributed by atoms with E-state index in [0.717, 1.165) is 15.7 Å². The van der Waals surface area contributed by atoms with Crippen molar-refractivity contribution < 1.29 is 9.53 Å². The maximum Gasteiger partial charge on any atom is 0.319 e. The molecule has 5 heteroatoms. The molecule has 0 aromatic heterocycles. The van der Waals surface area contributed by atoms with Gasteiger partial charge in [0.15, 0.2) is 0 Å². The Morgan fingerprint density at radius 2 is 2.06 bits per heavy atom. The maximum atomic E-state index is 11.5. The van der Waals surface area contributed by atoms with Gasteiger partial charge in [0, 0.05) is 0 Å². The lowest BCUT2D eigenvalue weighted by Crippen LogP contribution is -2.18. The Hall–Kier alpha value is 0.260. The summed E-state index contributed by atoms with van der Waals surface area (Å²) in [4.78, 5) is 11.5. The highest BCUT2D eigenvalue weighted by atomic mass is 32.2. The topological polar surface area (TPSA) is 26.3 Å². The van der Waals surface area contributed by atoms with Crippen molar-refractivity contribution >= 4 is 45.2 Å². The summed E-state index contributed by atoms with van der Waals surface area (Å²) in [7, 11) is 0. The van der Waals surface area contributed by atoms with E-state index in [9.17, 15) is 4.79 Å². The fourth-order valence-corrected chi connectivity index (χ4v) is 3.54. The first kappa shape index (κ1) is 16.3. The zero-order chi connectivity index (χ0) is 12.4. The molecule has 1 unspecified atom stereocenters. The first-order valence-electron chi connectivity index (χ1n) is 5.61. The van der Waals surface area contributed by atoms with Crippen molar-refractivity contribution in [3.8, 4) is 0 Å². The fraction of sp³-hybridized carbons (Fsp3) is 0.818. The summed E-state index contributed by atoms with van der Waals surface area (Å²) in [5.74, 6) is 0.879. The van der Waals surface area contributed by atoms with E-state index in [1.165, 1.54) is 24.6 Å². The number of rotatable bonds is 7. The lowest BCUT2D eigenvalue weighted by Gasteiger charge is -2.10. The minimum atomic E-state index is -0.187. The summed E-state index contributed by atoms with van der Waals surface area (Å²) in [6.45, 7) is 6.48. The maximum absolute atomic E-state index is 11.5. The lowest BCUT2D eigenvalue weighted by molar-refractivity contribution is -0.142. The molecule has 0 amide bonds. The van der Waals surface area contributed by atoms with Crippen LogP contribution in [0.1, 0.15) is 40.0 Å². The Kier molecular flexibility index (Phi) is 10.6. The Bertz CT molecular complexity index is 219. The van der Waals surface area contributed by atoms with Gasteiger partial charge in [-0.25, -0.2) is 0 Å². The molecule has 0 saturated carbocycles. The highest BCUT2D eigenvalue weighted by Crippen LogP contribution is 2.23. The van der Waals surface area contributed by atoms with Crippen molar-refractivity contribution in [2.75, 3.05) is 12.4 Å². The SMILES string of the molecule is CCCCSC(=S)SC(C)C(=O)OCCC. The largest absolute Gasteiger partial charge is 0.465 e. The van der Waals surface area contributed by atoms with Crippen LogP contribution in [0.15, 0.2) is 0 Å². The molecule has 0 N–H and O–H groups in total. The molecule has 0 saturated heterocycles. The zero-order valence-electron chi connectivity index (χ0n) is 10.2. The molecule has 0 radical (unpaired) electrons.